The largest absolute Gasteiger partial charge is 0.494 e. The highest BCUT2D eigenvalue weighted by atomic mass is 16.5. The molecule has 30 heavy (non-hydrogen) atoms. The van der Waals surface area contributed by atoms with Crippen LogP contribution in [0.5, 0.6) is 23.0 Å². The van der Waals surface area contributed by atoms with Gasteiger partial charge in [-0.1, -0.05) is 6.92 Å². The first-order valence-corrected chi connectivity index (χ1v) is 9.48. The second-order valence-electron chi connectivity index (χ2n) is 6.44. The van der Waals surface area contributed by atoms with Gasteiger partial charge in [-0.3, -0.25) is 4.79 Å². The van der Waals surface area contributed by atoms with Crippen LogP contribution in [0.15, 0.2) is 41.5 Å². The molecule has 2 N–H and O–H groups in total. The number of aromatic nitrogens is 1. The van der Waals surface area contributed by atoms with E-state index in [0.717, 1.165) is 23.1 Å². The molecule has 3 aromatic rings. The van der Waals surface area contributed by atoms with E-state index in [9.17, 15) is 4.79 Å². The molecule has 1 heterocycles. The Hall–Kier alpha value is -3.68. The Kier molecular flexibility index (Phi) is 6.79. The molecule has 0 unspecified atom stereocenters. The molecule has 8 nitrogen and oxygen atoms in total. The summed E-state index contributed by atoms with van der Waals surface area (Å²) in [6, 6.07) is 10.9. The third-order valence-electron chi connectivity index (χ3n) is 4.38. The maximum atomic E-state index is 12.5. The number of nitrogens with zero attached hydrogens (tertiary/aromatic N) is 1. The monoisotopic (exact) mass is 411 g/mol. The van der Waals surface area contributed by atoms with Crippen molar-refractivity contribution in [3.05, 3.63) is 47.7 Å². The Balaban J connectivity index is 1.73. The van der Waals surface area contributed by atoms with E-state index in [4.69, 9.17) is 18.9 Å². The molecule has 0 aliphatic carbocycles. The molecule has 8 heteroatoms. The molecule has 0 saturated heterocycles. The molecular formula is C22H25N3O5. The van der Waals surface area contributed by atoms with Crippen LogP contribution >= 0.6 is 0 Å². The van der Waals surface area contributed by atoms with E-state index in [0.29, 0.717) is 35.1 Å². The second kappa shape index (κ2) is 9.69. The first-order chi connectivity index (χ1) is 14.6. The van der Waals surface area contributed by atoms with E-state index < -0.39 is 0 Å². The van der Waals surface area contributed by atoms with Crippen LogP contribution in [0.4, 0.5) is 0 Å². The van der Waals surface area contributed by atoms with Crippen molar-refractivity contribution in [1.29, 1.82) is 0 Å². The van der Waals surface area contributed by atoms with Gasteiger partial charge in [0.25, 0.3) is 5.91 Å². The van der Waals surface area contributed by atoms with Crippen LogP contribution in [0, 0.1) is 0 Å². The number of hydrogen-bond acceptors (Lipinski definition) is 6. The summed E-state index contributed by atoms with van der Waals surface area (Å²) in [5.74, 6) is 1.91. The number of aromatic amines is 1. The summed E-state index contributed by atoms with van der Waals surface area (Å²) >= 11 is 0. The van der Waals surface area contributed by atoms with E-state index >= 15 is 0 Å². The van der Waals surface area contributed by atoms with E-state index in [1.165, 1.54) is 27.5 Å². The lowest BCUT2D eigenvalue weighted by atomic mass is 10.2. The quantitative estimate of drug-likeness (QED) is 0.413. The number of hydrazone groups is 1. The fourth-order valence-corrected chi connectivity index (χ4v) is 2.94. The van der Waals surface area contributed by atoms with Crippen molar-refractivity contribution in [3.63, 3.8) is 0 Å². The highest BCUT2D eigenvalue weighted by Gasteiger charge is 2.13. The zero-order valence-electron chi connectivity index (χ0n) is 17.4. The first-order valence-electron chi connectivity index (χ1n) is 9.48. The van der Waals surface area contributed by atoms with Gasteiger partial charge in [0.1, 0.15) is 11.4 Å². The lowest BCUT2D eigenvalue weighted by Gasteiger charge is -2.12. The lowest BCUT2D eigenvalue weighted by Crippen LogP contribution is -2.17. The number of ether oxygens (including phenoxy) is 4. The van der Waals surface area contributed by atoms with Crippen LogP contribution in [0.3, 0.4) is 0 Å². The van der Waals surface area contributed by atoms with Crippen molar-refractivity contribution >= 4 is 23.0 Å². The molecule has 0 spiro atoms. The smallest absolute Gasteiger partial charge is 0.287 e. The Morgan fingerprint density at radius 3 is 2.43 bits per heavy atom. The van der Waals surface area contributed by atoms with Crippen LogP contribution in [0.25, 0.3) is 10.9 Å². The van der Waals surface area contributed by atoms with Crippen molar-refractivity contribution in [2.45, 2.75) is 13.3 Å². The van der Waals surface area contributed by atoms with Crippen molar-refractivity contribution in [1.82, 2.24) is 10.4 Å². The van der Waals surface area contributed by atoms with Gasteiger partial charge in [-0.05, 0) is 42.8 Å². The predicted molar refractivity (Wildman–Crippen MR) is 115 cm³/mol. The number of carbonyl (C=O) groups excluding carboxylic acids is 1. The van der Waals surface area contributed by atoms with Crippen LogP contribution in [-0.4, -0.2) is 45.0 Å². The third kappa shape index (κ3) is 4.65. The molecule has 0 bridgehead atoms. The second-order valence-corrected chi connectivity index (χ2v) is 6.44. The molecule has 0 aliphatic rings. The molecule has 158 valence electrons. The number of hydrogen-bond donors (Lipinski definition) is 2. The number of methoxy groups -OCH3 is 3. The highest BCUT2D eigenvalue weighted by molar-refractivity contribution is 5.98. The van der Waals surface area contributed by atoms with Gasteiger partial charge < -0.3 is 23.9 Å². The molecule has 0 fully saturated rings. The SMILES string of the molecule is CCCOc1ccc2[nH]c(C(=O)NN=Cc3cc(OC)c(OC)c(OC)c3)cc2c1. The van der Waals surface area contributed by atoms with Gasteiger partial charge in [0.05, 0.1) is 34.2 Å². The molecule has 1 amide bonds. The van der Waals surface area contributed by atoms with Gasteiger partial charge in [-0.25, -0.2) is 5.43 Å². The van der Waals surface area contributed by atoms with E-state index in [1.807, 2.05) is 18.2 Å². The Bertz CT molecular complexity index is 1030. The molecule has 2 aromatic carbocycles. The molecular weight excluding hydrogens is 386 g/mol. The van der Waals surface area contributed by atoms with Crippen LogP contribution < -0.4 is 24.4 Å². The third-order valence-corrected chi connectivity index (χ3v) is 4.38. The van der Waals surface area contributed by atoms with Crippen LogP contribution in [-0.2, 0) is 0 Å². The average molecular weight is 411 g/mol. The Morgan fingerprint density at radius 1 is 1.07 bits per heavy atom. The zero-order chi connectivity index (χ0) is 21.5. The van der Waals surface area contributed by atoms with Crippen molar-refractivity contribution in [2.24, 2.45) is 5.10 Å². The number of benzene rings is 2. The Morgan fingerprint density at radius 2 is 1.80 bits per heavy atom. The van der Waals surface area contributed by atoms with Gasteiger partial charge in [-0.15, -0.1) is 0 Å². The topological polar surface area (TPSA) is 94.2 Å². The molecule has 3 rings (SSSR count). The number of nitrogens with one attached hydrogen (secondary N) is 2. The standard InChI is InChI=1S/C22H25N3O5/c1-5-8-30-16-6-7-17-15(11-16)12-18(24-17)22(26)25-23-13-14-9-19(27-2)21(29-4)20(10-14)28-3/h6-7,9-13,24H,5,8H2,1-4H3,(H,25,26). The molecule has 0 atom stereocenters. The highest BCUT2D eigenvalue weighted by Crippen LogP contribution is 2.37. The van der Waals surface area contributed by atoms with Gasteiger partial charge in [0, 0.05) is 16.5 Å². The summed E-state index contributed by atoms with van der Waals surface area (Å²) in [4.78, 5) is 15.5. The number of rotatable bonds is 9. The fraction of sp³-hybridized carbons (Fsp3) is 0.273. The number of fused-ring (bicyclic) bond motifs is 1. The van der Waals surface area contributed by atoms with E-state index in [-0.39, 0.29) is 5.91 Å². The average Bonchev–Trinajstić information content (AvgIpc) is 3.20. The van der Waals surface area contributed by atoms with Crippen LogP contribution in [0.2, 0.25) is 0 Å². The minimum atomic E-state index is -0.356. The molecule has 1 aromatic heterocycles. The number of carbonyl (C=O) groups is 1. The maximum absolute atomic E-state index is 12.5. The summed E-state index contributed by atoms with van der Waals surface area (Å²) < 4.78 is 21.6. The Labute approximate surface area is 174 Å². The normalized spacial score (nSPS) is 10.9. The van der Waals surface area contributed by atoms with Gasteiger partial charge in [0.15, 0.2) is 11.5 Å². The fourth-order valence-electron chi connectivity index (χ4n) is 2.94. The van der Waals surface area contributed by atoms with Crippen molar-refractivity contribution in [3.8, 4) is 23.0 Å². The van der Waals surface area contributed by atoms with E-state index in [1.54, 1.807) is 18.2 Å². The summed E-state index contributed by atoms with van der Waals surface area (Å²) in [5, 5.41) is 4.92. The predicted octanol–water partition coefficient (Wildman–Crippen LogP) is 3.75. The van der Waals surface area contributed by atoms with Gasteiger partial charge in [0.2, 0.25) is 5.75 Å². The van der Waals surface area contributed by atoms with Crippen molar-refractivity contribution in [2.75, 3.05) is 27.9 Å². The zero-order valence-corrected chi connectivity index (χ0v) is 17.4. The molecule has 0 saturated carbocycles. The summed E-state index contributed by atoms with van der Waals surface area (Å²) in [7, 11) is 4.61. The molecule has 0 radical (unpaired) electrons. The van der Waals surface area contributed by atoms with Crippen molar-refractivity contribution < 1.29 is 23.7 Å². The number of amides is 1. The summed E-state index contributed by atoms with van der Waals surface area (Å²) in [6.07, 6.45) is 2.44. The number of H-pyrrole nitrogens is 1. The van der Waals surface area contributed by atoms with Crippen LogP contribution in [0.1, 0.15) is 29.4 Å². The van der Waals surface area contributed by atoms with Gasteiger partial charge >= 0.3 is 0 Å². The summed E-state index contributed by atoms with van der Waals surface area (Å²) in [5.41, 5.74) is 4.44. The lowest BCUT2D eigenvalue weighted by molar-refractivity contribution is 0.0951. The van der Waals surface area contributed by atoms with Gasteiger partial charge in [-0.2, -0.15) is 5.10 Å². The minimum Gasteiger partial charge on any atom is -0.494 e. The van der Waals surface area contributed by atoms with E-state index in [2.05, 4.69) is 22.4 Å². The molecule has 0 aliphatic heterocycles. The summed E-state index contributed by atoms with van der Waals surface area (Å²) in [6.45, 7) is 2.70. The minimum absolute atomic E-state index is 0.356. The maximum Gasteiger partial charge on any atom is 0.287 e. The first kappa shape index (κ1) is 21.0.